The Kier molecular flexibility index (Phi) is 5.66. The molecule has 0 aliphatic carbocycles. The van der Waals surface area contributed by atoms with Crippen LogP contribution >= 0.6 is 0 Å². The lowest BCUT2D eigenvalue weighted by atomic mass is 10.0. The van der Waals surface area contributed by atoms with E-state index >= 15 is 0 Å². The first-order chi connectivity index (χ1) is 9.90. The van der Waals surface area contributed by atoms with Crippen LogP contribution in [-0.2, 0) is 12.8 Å². The summed E-state index contributed by atoms with van der Waals surface area (Å²) in [7, 11) is 2.02. The third-order valence-corrected chi connectivity index (χ3v) is 4.04. The van der Waals surface area contributed by atoms with Gasteiger partial charge in [-0.25, -0.2) is 0 Å². The number of fused-ring (bicyclic) bond motifs is 2. The maximum atomic E-state index is 3.24. The molecular weight excluding hydrogens is 280 g/mol. The van der Waals surface area contributed by atoms with Crippen LogP contribution in [0.4, 0.5) is 11.4 Å². The van der Waals surface area contributed by atoms with Crippen molar-refractivity contribution >= 4 is 11.4 Å². The van der Waals surface area contributed by atoms with Gasteiger partial charge in [-0.05, 0) is 56.1 Å². The Hall–Kier alpha value is -1.51. The molecule has 0 unspecified atom stereocenters. The quantitative estimate of drug-likeness (QED) is 0.829. The Morgan fingerprint density at radius 2 is 1.43 bits per heavy atom. The van der Waals surface area contributed by atoms with Gasteiger partial charge in [0.25, 0.3) is 0 Å². The number of rotatable bonds is 4. The van der Waals surface area contributed by atoms with E-state index in [1.54, 1.807) is 0 Å². The molecule has 1 heterocycles. The first-order valence-corrected chi connectivity index (χ1v) is 7.48. The monoisotopic (exact) mass is 301 g/mol. The third-order valence-electron chi connectivity index (χ3n) is 4.04. The lowest BCUT2D eigenvalue weighted by molar-refractivity contribution is -0.00000402. The highest BCUT2D eigenvalue weighted by Gasteiger charge is 2.19. The van der Waals surface area contributed by atoms with Gasteiger partial charge < -0.3 is 22.6 Å². The standard InChI is InChI=1S/C18H22N2.ClH/c1-19-13-6-14-20-17-9-4-2-7-15(17)11-12-16-8-3-5-10-18(16)20;/h2-5,7-10,19H,6,11-14H2,1H3;1H/p-1. The zero-order valence-electron chi connectivity index (χ0n) is 12.5. The summed E-state index contributed by atoms with van der Waals surface area (Å²) in [5.41, 5.74) is 5.70. The zero-order chi connectivity index (χ0) is 13.8. The molecule has 1 aliphatic heterocycles. The summed E-state index contributed by atoms with van der Waals surface area (Å²) in [6.45, 7) is 2.12. The van der Waals surface area contributed by atoms with Gasteiger partial charge in [0.15, 0.2) is 0 Å². The molecule has 0 aromatic heterocycles. The summed E-state index contributed by atoms with van der Waals surface area (Å²) < 4.78 is 0. The number of anilines is 2. The Morgan fingerprint density at radius 1 is 0.905 bits per heavy atom. The Balaban J connectivity index is 0.00000161. The molecule has 2 nitrogen and oxygen atoms in total. The summed E-state index contributed by atoms with van der Waals surface area (Å²) in [6, 6.07) is 17.7. The lowest BCUT2D eigenvalue weighted by Gasteiger charge is -2.27. The fourth-order valence-electron chi connectivity index (χ4n) is 3.03. The number of hydrogen-bond donors (Lipinski definition) is 1. The van der Waals surface area contributed by atoms with Crippen molar-refractivity contribution in [2.75, 3.05) is 25.0 Å². The van der Waals surface area contributed by atoms with Gasteiger partial charge in [0.2, 0.25) is 0 Å². The molecule has 0 radical (unpaired) electrons. The van der Waals surface area contributed by atoms with Gasteiger partial charge in [0.1, 0.15) is 0 Å². The van der Waals surface area contributed by atoms with E-state index in [2.05, 4.69) is 58.7 Å². The highest BCUT2D eigenvalue weighted by molar-refractivity contribution is 5.71. The first-order valence-electron chi connectivity index (χ1n) is 7.48. The molecular formula is C18H22ClN2-. The van der Waals surface area contributed by atoms with Crippen molar-refractivity contribution in [2.24, 2.45) is 0 Å². The molecule has 112 valence electrons. The summed E-state index contributed by atoms with van der Waals surface area (Å²) in [5.74, 6) is 0. The largest absolute Gasteiger partial charge is 1.00 e. The predicted octanol–water partition coefficient (Wildman–Crippen LogP) is 0.537. The van der Waals surface area contributed by atoms with E-state index in [0.717, 1.165) is 32.4 Å². The van der Waals surface area contributed by atoms with Crippen LogP contribution in [-0.4, -0.2) is 20.1 Å². The molecule has 0 spiro atoms. The molecule has 0 bridgehead atoms. The van der Waals surface area contributed by atoms with Crippen LogP contribution in [0, 0.1) is 0 Å². The molecule has 1 N–H and O–H groups in total. The summed E-state index contributed by atoms with van der Waals surface area (Å²) in [6.07, 6.45) is 3.42. The van der Waals surface area contributed by atoms with Crippen molar-refractivity contribution in [3.8, 4) is 0 Å². The highest BCUT2D eigenvalue weighted by Crippen LogP contribution is 2.35. The summed E-state index contributed by atoms with van der Waals surface area (Å²) in [4.78, 5) is 2.50. The molecule has 2 aromatic rings. The van der Waals surface area contributed by atoms with Gasteiger partial charge in [-0.1, -0.05) is 36.4 Å². The van der Waals surface area contributed by atoms with Crippen LogP contribution in [0.5, 0.6) is 0 Å². The summed E-state index contributed by atoms with van der Waals surface area (Å²) >= 11 is 0. The van der Waals surface area contributed by atoms with Crippen molar-refractivity contribution in [2.45, 2.75) is 19.3 Å². The summed E-state index contributed by atoms with van der Waals surface area (Å²) in [5, 5.41) is 3.24. The van der Waals surface area contributed by atoms with E-state index in [1.807, 2.05) is 7.05 Å². The van der Waals surface area contributed by atoms with Gasteiger partial charge >= 0.3 is 0 Å². The Bertz CT molecular complexity index is 535. The van der Waals surface area contributed by atoms with E-state index in [1.165, 1.54) is 22.5 Å². The van der Waals surface area contributed by atoms with Crippen LogP contribution in [0.25, 0.3) is 0 Å². The van der Waals surface area contributed by atoms with E-state index < -0.39 is 0 Å². The molecule has 2 aromatic carbocycles. The number of aryl methyl sites for hydroxylation is 2. The van der Waals surface area contributed by atoms with E-state index in [-0.39, 0.29) is 12.4 Å². The third kappa shape index (κ3) is 3.39. The average Bonchev–Trinajstić information content (AvgIpc) is 2.66. The highest BCUT2D eigenvalue weighted by atomic mass is 35.5. The molecule has 1 aliphatic rings. The van der Waals surface area contributed by atoms with Gasteiger partial charge in [0, 0.05) is 17.9 Å². The molecule has 0 saturated carbocycles. The predicted molar refractivity (Wildman–Crippen MR) is 85.8 cm³/mol. The average molecular weight is 302 g/mol. The van der Waals surface area contributed by atoms with E-state index in [9.17, 15) is 0 Å². The van der Waals surface area contributed by atoms with Crippen LogP contribution in [0.3, 0.4) is 0 Å². The van der Waals surface area contributed by atoms with Crippen molar-refractivity contribution in [3.05, 3.63) is 59.7 Å². The zero-order valence-corrected chi connectivity index (χ0v) is 13.2. The van der Waals surface area contributed by atoms with Crippen LogP contribution in [0.1, 0.15) is 17.5 Å². The van der Waals surface area contributed by atoms with Gasteiger partial charge in [-0.3, -0.25) is 0 Å². The number of benzene rings is 2. The molecule has 21 heavy (non-hydrogen) atoms. The van der Waals surface area contributed by atoms with Crippen molar-refractivity contribution in [1.82, 2.24) is 5.32 Å². The van der Waals surface area contributed by atoms with Crippen molar-refractivity contribution in [1.29, 1.82) is 0 Å². The molecule has 0 atom stereocenters. The second kappa shape index (κ2) is 7.48. The first kappa shape index (κ1) is 15.9. The molecule has 3 rings (SSSR count). The van der Waals surface area contributed by atoms with Gasteiger partial charge in [-0.2, -0.15) is 0 Å². The van der Waals surface area contributed by atoms with Gasteiger partial charge in [0.05, 0.1) is 0 Å². The maximum Gasteiger partial charge on any atom is 0.0443 e. The SMILES string of the molecule is CNCCCN1c2ccccc2CCc2ccccc21.[Cl-]. The number of halogens is 1. The Labute approximate surface area is 133 Å². The van der Waals surface area contributed by atoms with Crippen LogP contribution in [0.15, 0.2) is 48.5 Å². The second-order valence-electron chi connectivity index (χ2n) is 5.37. The van der Waals surface area contributed by atoms with E-state index in [0.29, 0.717) is 0 Å². The number of nitrogens with zero attached hydrogens (tertiary/aromatic N) is 1. The molecule has 0 saturated heterocycles. The topological polar surface area (TPSA) is 15.3 Å². The van der Waals surface area contributed by atoms with Gasteiger partial charge in [-0.15, -0.1) is 0 Å². The Morgan fingerprint density at radius 3 is 1.95 bits per heavy atom. The fraction of sp³-hybridized carbons (Fsp3) is 0.333. The molecule has 0 fully saturated rings. The number of nitrogens with one attached hydrogen (secondary N) is 1. The normalized spacial score (nSPS) is 12.9. The van der Waals surface area contributed by atoms with Crippen molar-refractivity contribution < 1.29 is 12.4 Å². The van der Waals surface area contributed by atoms with Crippen LogP contribution in [0.2, 0.25) is 0 Å². The minimum Gasteiger partial charge on any atom is -1.00 e. The van der Waals surface area contributed by atoms with E-state index in [4.69, 9.17) is 0 Å². The van der Waals surface area contributed by atoms with Crippen LogP contribution < -0.4 is 22.6 Å². The minimum atomic E-state index is 0. The molecule has 0 amide bonds. The minimum absolute atomic E-state index is 0. The molecule has 3 heteroatoms. The number of hydrogen-bond acceptors (Lipinski definition) is 2. The lowest BCUT2D eigenvalue weighted by Crippen LogP contribution is -3.00. The maximum absolute atomic E-state index is 3.24. The second-order valence-corrected chi connectivity index (χ2v) is 5.37. The number of para-hydroxylation sites is 2. The fourth-order valence-corrected chi connectivity index (χ4v) is 3.03. The smallest absolute Gasteiger partial charge is 0.0443 e. The van der Waals surface area contributed by atoms with Crippen molar-refractivity contribution in [3.63, 3.8) is 0 Å².